The SMILES string of the molecule is COc1cc2c(cc1O)[C@@H]1O[C@@H](OC)c3c(ccc4c3OCO4)[C@H]1NCC2. The van der Waals surface area contributed by atoms with Crippen molar-refractivity contribution in [1.29, 1.82) is 0 Å². The summed E-state index contributed by atoms with van der Waals surface area (Å²) in [5.41, 5.74) is 3.95. The van der Waals surface area contributed by atoms with Gasteiger partial charge in [0.05, 0.1) is 18.7 Å². The smallest absolute Gasteiger partial charge is 0.231 e. The molecule has 0 aromatic heterocycles. The molecule has 5 rings (SSSR count). The van der Waals surface area contributed by atoms with Crippen molar-refractivity contribution in [2.75, 3.05) is 27.6 Å². The Balaban J connectivity index is 1.66. The first-order chi connectivity index (χ1) is 13.2. The first-order valence-corrected chi connectivity index (χ1v) is 8.95. The van der Waals surface area contributed by atoms with Crippen molar-refractivity contribution < 1.29 is 28.8 Å². The molecule has 0 saturated heterocycles. The van der Waals surface area contributed by atoms with Crippen molar-refractivity contribution in [3.63, 3.8) is 0 Å². The van der Waals surface area contributed by atoms with Gasteiger partial charge in [0.15, 0.2) is 29.3 Å². The summed E-state index contributed by atoms with van der Waals surface area (Å²) in [6, 6.07) is 7.50. The third kappa shape index (κ3) is 2.46. The van der Waals surface area contributed by atoms with E-state index in [9.17, 15) is 5.11 Å². The van der Waals surface area contributed by atoms with Crippen LogP contribution in [-0.2, 0) is 15.9 Å². The third-order valence-corrected chi connectivity index (χ3v) is 5.47. The van der Waals surface area contributed by atoms with Gasteiger partial charge in [-0.3, -0.25) is 0 Å². The Morgan fingerprint density at radius 1 is 1.15 bits per heavy atom. The third-order valence-electron chi connectivity index (χ3n) is 5.47. The number of phenols is 1. The van der Waals surface area contributed by atoms with Crippen LogP contribution in [-0.4, -0.2) is 32.7 Å². The lowest BCUT2D eigenvalue weighted by atomic mass is 9.87. The molecule has 7 heteroatoms. The summed E-state index contributed by atoms with van der Waals surface area (Å²) in [7, 11) is 3.16. The van der Waals surface area contributed by atoms with Crippen molar-refractivity contribution in [3.05, 3.63) is 46.5 Å². The minimum atomic E-state index is -0.588. The van der Waals surface area contributed by atoms with Crippen LogP contribution in [0.1, 0.15) is 40.7 Å². The normalized spacial score (nSPS) is 25.2. The second-order valence-corrected chi connectivity index (χ2v) is 6.83. The first-order valence-electron chi connectivity index (χ1n) is 8.95. The largest absolute Gasteiger partial charge is 0.504 e. The highest BCUT2D eigenvalue weighted by Gasteiger charge is 2.42. The molecule has 0 fully saturated rings. The Morgan fingerprint density at radius 3 is 2.85 bits per heavy atom. The number of hydrogen-bond donors (Lipinski definition) is 2. The molecule has 2 N–H and O–H groups in total. The molecule has 0 amide bonds. The minimum absolute atomic E-state index is 0.0880. The molecular formula is C20H21NO6. The molecule has 142 valence electrons. The van der Waals surface area contributed by atoms with E-state index in [1.54, 1.807) is 20.3 Å². The van der Waals surface area contributed by atoms with Gasteiger partial charge in [0.25, 0.3) is 0 Å². The maximum atomic E-state index is 10.3. The molecule has 0 saturated carbocycles. The highest BCUT2D eigenvalue weighted by atomic mass is 16.7. The summed E-state index contributed by atoms with van der Waals surface area (Å²) in [6.45, 7) is 0.969. The van der Waals surface area contributed by atoms with E-state index < -0.39 is 6.29 Å². The Hall–Kier alpha value is -2.48. The Kier molecular flexibility index (Phi) is 3.89. The van der Waals surface area contributed by atoms with Crippen LogP contribution in [0.25, 0.3) is 0 Å². The molecule has 27 heavy (non-hydrogen) atoms. The van der Waals surface area contributed by atoms with Crippen LogP contribution in [0.5, 0.6) is 23.0 Å². The maximum Gasteiger partial charge on any atom is 0.231 e. The lowest BCUT2D eigenvalue weighted by Crippen LogP contribution is -2.34. The second kappa shape index (κ2) is 6.30. The zero-order chi connectivity index (χ0) is 18.5. The van der Waals surface area contributed by atoms with Gasteiger partial charge in [-0.2, -0.15) is 0 Å². The monoisotopic (exact) mass is 371 g/mol. The van der Waals surface area contributed by atoms with Gasteiger partial charge in [-0.25, -0.2) is 0 Å². The average Bonchev–Trinajstić information content (AvgIpc) is 3.10. The predicted molar refractivity (Wildman–Crippen MR) is 95.2 cm³/mol. The summed E-state index contributed by atoms with van der Waals surface area (Å²) in [5.74, 6) is 1.96. The van der Waals surface area contributed by atoms with Gasteiger partial charge in [0.2, 0.25) is 6.79 Å². The van der Waals surface area contributed by atoms with Crippen LogP contribution in [0.2, 0.25) is 0 Å². The van der Waals surface area contributed by atoms with Crippen molar-refractivity contribution in [2.45, 2.75) is 24.9 Å². The second-order valence-electron chi connectivity index (χ2n) is 6.83. The average molecular weight is 371 g/mol. The summed E-state index contributed by atoms with van der Waals surface area (Å²) < 4.78 is 28.5. The Bertz CT molecular complexity index is 899. The predicted octanol–water partition coefficient (Wildman–Crippen LogP) is 2.73. The fourth-order valence-electron chi connectivity index (χ4n) is 4.24. The highest BCUT2D eigenvalue weighted by Crippen LogP contribution is 2.53. The molecule has 2 aromatic rings. The molecule has 7 nitrogen and oxygen atoms in total. The number of aromatic hydroxyl groups is 1. The number of ether oxygens (including phenoxy) is 5. The molecule has 0 aliphatic carbocycles. The molecule has 0 radical (unpaired) electrons. The van der Waals surface area contributed by atoms with Gasteiger partial charge in [0, 0.05) is 7.11 Å². The fourth-order valence-corrected chi connectivity index (χ4v) is 4.24. The van der Waals surface area contributed by atoms with Crippen LogP contribution in [0, 0.1) is 0 Å². The zero-order valence-corrected chi connectivity index (χ0v) is 15.2. The molecule has 3 heterocycles. The summed E-state index contributed by atoms with van der Waals surface area (Å²) in [5, 5.41) is 13.9. The summed E-state index contributed by atoms with van der Waals surface area (Å²) in [4.78, 5) is 0. The van der Waals surface area contributed by atoms with Gasteiger partial charge < -0.3 is 34.1 Å². The number of hydrogen-bond acceptors (Lipinski definition) is 7. The Labute approximate surface area is 156 Å². The number of methoxy groups -OCH3 is 2. The lowest BCUT2D eigenvalue weighted by Gasteiger charge is -2.38. The molecule has 3 aliphatic heterocycles. The molecule has 0 unspecified atom stereocenters. The molecule has 0 spiro atoms. The van der Waals surface area contributed by atoms with Crippen molar-refractivity contribution >= 4 is 0 Å². The molecule has 2 aromatic carbocycles. The number of rotatable bonds is 2. The van der Waals surface area contributed by atoms with Crippen LogP contribution in [0.3, 0.4) is 0 Å². The van der Waals surface area contributed by atoms with Gasteiger partial charge in [-0.1, -0.05) is 6.07 Å². The molecular weight excluding hydrogens is 350 g/mol. The molecule has 3 aliphatic rings. The van der Waals surface area contributed by atoms with Crippen LogP contribution in [0.15, 0.2) is 24.3 Å². The van der Waals surface area contributed by atoms with Crippen LogP contribution >= 0.6 is 0 Å². The Morgan fingerprint density at radius 2 is 2.04 bits per heavy atom. The molecule has 3 atom stereocenters. The van der Waals surface area contributed by atoms with E-state index in [4.69, 9.17) is 23.7 Å². The van der Waals surface area contributed by atoms with Crippen molar-refractivity contribution in [1.82, 2.24) is 5.32 Å². The van der Waals surface area contributed by atoms with E-state index in [-0.39, 0.29) is 24.7 Å². The van der Waals surface area contributed by atoms with E-state index in [0.717, 1.165) is 35.2 Å². The number of fused-ring (bicyclic) bond motifs is 7. The van der Waals surface area contributed by atoms with Gasteiger partial charge in [-0.05, 0) is 47.9 Å². The van der Waals surface area contributed by atoms with E-state index in [2.05, 4.69) is 5.32 Å². The van der Waals surface area contributed by atoms with E-state index in [1.807, 2.05) is 18.2 Å². The van der Waals surface area contributed by atoms with E-state index in [1.165, 1.54) is 0 Å². The first kappa shape index (κ1) is 16.7. The number of phenolic OH excluding ortho intramolecular Hbond substituents is 1. The number of benzene rings is 2. The van der Waals surface area contributed by atoms with E-state index >= 15 is 0 Å². The lowest BCUT2D eigenvalue weighted by molar-refractivity contribution is -0.181. The van der Waals surface area contributed by atoms with Crippen molar-refractivity contribution in [2.24, 2.45) is 0 Å². The van der Waals surface area contributed by atoms with Gasteiger partial charge in [-0.15, -0.1) is 0 Å². The summed E-state index contributed by atoms with van der Waals surface area (Å²) >= 11 is 0. The zero-order valence-electron chi connectivity index (χ0n) is 15.2. The van der Waals surface area contributed by atoms with Gasteiger partial charge in [0.1, 0.15) is 6.10 Å². The standard InChI is InChI=1S/C20H21NO6/c1-23-15-7-10-5-6-21-17-11-3-4-14-19(26-9-25-14)16(11)20(24-2)27-18(17)12(10)8-13(15)22/h3-4,7-8,17-18,20-22H,5-6,9H2,1-2H3/t17-,18+,20-/m1/s1. The summed E-state index contributed by atoms with van der Waals surface area (Å²) in [6.07, 6.45) is -0.0909. The van der Waals surface area contributed by atoms with Gasteiger partial charge >= 0.3 is 0 Å². The molecule has 0 bridgehead atoms. The minimum Gasteiger partial charge on any atom is -0.504 e. The topological polar surface area (TPSA) is 78.4 Å². The fraction of sp³-hybridized carbons (Fsp3) is 0.400. The van der Waals surface area contributed by atoms with Crippen molar-refractivity contribution in [3.8, 4) is 23.0 Å². The number of nitrogens with one attached hydrogen (secondary N) is 1. The van der Waals surface area contributed by atoms with Crippen LogP contribution < -0.4 is 19.5 Å². The van der Waals surface area contributed by atoms with Crippen LogP contribution in [0.4, 0.5) is 0 Å². The van der Waals surface area contributed by atoms with E-state index in [0.29, 0.717) is 17.2 Å². The quantitative estimate of drug-likeness (QED) is 0.840. The highest BCUT2D eigenvalue weighted by molar-refractivity contribution is 5.56. The maximum absolute atomic E-state index is 10.3.